The molecule has 30 heavy (non-hydrogen) atoms. The van der Waals surface area contributed by atoms with E-state index >= 15 is 0 Å². The highest BCUT2D eigenvalue weighted by molar-refractivity contribution is 5.92. The predicted molar refractivity (Wildman–Crippen MR) is 110 cm³/mol. The summed E-state index contributed by atoms with van der Waals surface area (Å²) in [4.78, 5) is 25.1. The molecule has 0 radical (unpaired) electrons. The molecule has 0 fully saturated rings. The number of ether oxygens (including phenoxy) is 2. The van der Waals surface area contributed by atoms with Gasteiger partial charge >= 0.3 is 5.97 Å². The first-order valence-electron chi connectivity index (χ1n) is 9.33. The van der Waals surface area contributed by atoms with Crippen LogP contribution in [0.1, 0.15) is 24.2 Å². The summed E-state index contributed by atoms with van der Waals surface area (Å²) in [5.41, 5.74) is 0.356. The van der Waals surface area contributed by atoms with E-state index in [-0.39, 0.29) is 17.0 Å². The van der Waals surface area contributed by atoms with Gasteiger partial charge in [0.25, 0.3) is 5.69 Å². The minimum absolute atomic E-state index is 0.0550. The van der Waals surface area contributed by atoms with E-state index in [0.29, 0.717) is 22.9 Å². The van der Waals surface area contributed by atoms with Crippen LogP contribution in [-0.4, -0.2) is 36.2 Å². The highest BCUT2D eigenvalue weighted by Gasteiger charge is 2.20. The van der Waals surface area contributed by atoms with E-state index in [1.807, 2.05) is 18.7 Å². The zero-order valence-corrected chi connectivity index (χ0v) is 16.8. The van der Waals surface area contributed by atoms with Crippen molar-refractivity contribution in [2.45, 2.75) is 13.8 Å². The lowest BCUT2D eigenvalue weighted by Gasteiger charge is -2.15. The Bertz CT molecular complexity index is 1060. The predicted octanol–water partition coefficient (Wildman–Crippen LogP) is 4.32. The van der Waals surface area contributed by atoms with Gasteiger partial charge in [-0.3, -0.25) is 10.1 Å². The number of aromatic nitrogens is 1. The molecule has 2 aromatic carbocycles. The lowest BCUT2D eigenvalue weighted by molar-refractivity contribution is -0.384. The van der Waals surface area contributed by atoms with Gasteiger partial charge in [-0.1, -0.05) is 11.2 Å². The molecule has 0 saturated carbocycles. The minimum atomic E-state index is -0.739. The van der Waals surface area contributed by atoms with Gasteiger partial charge in [0.1, 0.15) is 11.5 Å². The van der Waals surface area contributed by atoms with Crippen LogP contribution in [0, 0.1) is 10.1 Å². The lowest BCUT2D eigenvalue weighted by atomic mass is 10.1. The molecule has 9 nitrogen and oxygen atoms in total. The number of rotatable bonds is 8. The zero-order valence-electron chi connectivity index (χ0n) is 16.8. The number of benzene rings is 2. The minimum Gasteiger partial charge on any atom is -0.497 e. The average molecular weight is 411 g/mol. The van der Waals surface area contributed by atoms with E-state index in [2.05, 4.69) is 5.16 Å². The number of esters is 1. The first-order chi connectivity index (χ1) is 14.5. The summed E-state index contributed by atoms with van der Waals surface area (Å²) in [6, 6.07) is 12.0. The summed E-state index contributed by atoms with van der Waals surface area (Å²) in [5.74, 6) is 1.01. The van der Waals surface area contributed by atoms with Crippen LogP contribution in [-0.2, 0) is 0 Å². The highest BCUT2D eigenvalue weighted by atomic mass is 16.6. The maximum Gasteiger partial charge on any atom is 0.343 e. The zero-order chi connectivity index (χ0) is 21.7. The SMILES string of the molecule is CCN(CC)c1cc(-c2ccc(OC)cc2OC(=O)c2cccc([N+](=O)[O-])c2)on1. The molecule has 3 aromatic rings. The topological polar surface area (TPSA) is 108 Å². The third-order valence-corrected chi connectivity index (χ3v) is 4.53. The molecule has 0 aliphatic carbocycles. The molecule has 0 atom stereocenters. The Balaban J connectivity index is 1.95. The quantitative estimate of drug-likeness (QED) is 0.233. The Morgan fingerprint density at radius 1 is 1.17 bits per heavy atom. The molecule has 0 spiro atoms. The Kier molecular flexibility index (Phi) is 6.31. The molecule has 0 amide bonds. The Morgan fingerprint density at radius 2 is 1.93 bits per heavy atom. The number of hydrogen-bond donors (Lipinski definition) is 0. The molecule has 3 rings (SSSR count). The van der Waals surface area contributed by atoms with Crippen LogP contribution in [0.3, 0.4) is 0 Å². The number of carbonyl (C=O) groups excluding carboxylic acids is 1. The van der Waals surface area contributed by atoms with Crippen molar-refractivity contribution >= 4 is 17.5 Å². The Labute approximate surface area is 173 Å². The summed E-state index contributed by atoms with van der Waals surface area (Å²) in [5, 5.41) is 15.1. The van der Waals surface area contributed by atoms with E-state index in [1.54, 1.807) is 24.3 Å². The standard InChI is InChI=1S/C21H21N3O6/c1-4-23(5-2)20-13-19(30-22-20)17-10-9-16(28-3)12-18(17)29-21(25)14-7-6-8-15(11-14)24(26)27/h6-13H,4-5H2,1-3H3. The second kappa shape index (κ2) is 9.08. The summed E-state index contributed by atoms with van der Waals surface area (Å²) in [6.07, 6.45) is 0. The van der Waals surface area contributed by atoms with E-state index < -0.39 is 10.9 Å². The molecule has 1 aromatic heterocycles. The van der Waals surface area contributed by atoms with Crippen LogP contribution in [0.25, 0.3) is 11.3 Å². The van der Waals surface area contributed by atoms with Crippen LogP contribution in [0.15, 0.2) is 53.1 Å². The molecule has 0 saturated heterocycles. The van der Waals surface area contributed by atoms with Crippen molar-refractivity contribution in [3.8, 4) is 22.8 Å². The van der Waals surface area contributed by atoms with E-state index in [9.17, 15) is 14.9 Å². The molecule has 0 unspecified atom stereocenters. The van der Waals surface area contributed by atoms with Gasteiger partial charge in [-0.2, -0.15) is 0 Å². The maximum absolute atomic E-state index is 12.6. The van der Waals surface area contributed by atoms with Crippen molar-refractivity contribution in [1.29, 1.82) is 0 Å². The number of anilines is 1. The number of nitrogens with zero attached hydrogens (tertiary/aromatic N) is 3. The number of hydrogen-bond acceptors (Lipinski definition) is 8. The van der Waals surface area contributed by atoms with Gasteiger partial charge in [0.2, 0.25) is 0 Å². The summed E-state index contributed by atoms with van der Waals surface area (Å²) in [7, 11) is 1.49. The first kappa shape index (κ1) is 20.8. The first-order valence-corrected chi connectivity index (χ1v) is 9.33. The van der Waals surface area contributed by atoms with E-state index in [1.165, 1.54) is 25.3 Å². The number of methoxy groups -OCH3 is 1. The number of nitro benzene ring substituents is 1. The number of nitro groups is 1. The van der Waals surface area contributed by atoms with E-state index in [4.69, 9.17) is 14.0 Å². The number of non-ortho nitro benzene ring substituents is 1. The van der Waals surface area contributed by atoms with Crippen molar-refractivity contribution in [2.75, 3.05) is 25.1 Å². The average Bonchev–Trinajstić information content (AvgIpc) is 3.24. The van der Waals surface area contributed by atoms with Gasteiger partial charge in [-0.05, 0) is 32.0 Å². The Hall–Kier alpha value is -3.88. The van der Waals surface area contributed by atoms with Crippen LogP contribution in [0.5, 0.6) is 11.5 Å². The van der Waals surface area contributed by atoms with Crippen LogP contribution in [0.4, 0.5) is 11.5 Å². The fourth-order valence-electron chi connectivity index (χ4n) is 2.91. The fraction of sp³-hybridized carbons (Fsp3) is 0.238. The molecular formula is C21H21N3O6. The van der Waals surface area contributed by atoms with Crippen LogP contribution >= 0.6 is 0 Å². The third-order valence-electron chi connectivity index (χ3n) is 4.53. The fourth-order valence-corrected chi connectivity index (χ4v) is 2.91. The second-order valence-corrected chi connectivity index (χ2v) is 6.28. The van der Waals surface area contributed by atoms with Gasteiger partial charge in [-0.15, -0.1) is 0 Å². The Morgan fingerprint density at radius 3 is 2.60 bits per heavy atom. The lowest BCUT2D eigenvalue weighted by Crippen LogP contribution is -2.21. The maximum atomic E-state index is 12.6. The van der Waals surface area contributed by atoms with Gasteiger partial charge in [0.05, 0.1) is 23.2 Å². The van der Waals surface area contributed by atoms with Crippen molar-refractivity contribution in [3.63, 3.8) is 0 Å². The van der Waals surface area contributed by atoms with Crippen molar-refractivity contribution in [3.05, 3.63) is 64.2 Å². The molecule has 0 aliphatic rings. The van der Waals surface area contributed by atoms with Gasteiger partial charge < -0.3 is 18.9 Å². The highest BCUT2D eigenvalue weighted by Crippen LogP contribution is 2.35. The molecule has 9 heteroatoms. The van der Waals surface area contributed by atoms with Crippen molar-refractivity contribution in [1.82, 2.24) is 5.16 Å². The van der Waals surface area contributed by atoms with Crippen molar-refractivity contribution < 1.29 is 23.7 Å². The van der Waals surface area contributed by atoms with Crippen LogP contribution in [0.2, 0.25) is 0 Å². The van der Waals surface area contributed by atoms with Gasteiger partial charge in [-0.25, -0.2) is 4.79 Å². The smallest absolute Gasteiger partial charge is 0.343 e. The van der Waals surface area contributed by atoms with E-state index in [0.717, 1.165) is 19.2 Å². The molecule has 0 aliphatic heterocycles. The molecule has 156 valence electrons. The molecule has 1 heterocycles. The molecule has 0 N–H and O–H groups in total. The summed E-state index contributed by atoms with van der Waals surface area (Å²) in [6.45, 7) is 5.55. The van der Waals surface area contributed by atoms with Gasteiger partial charge in [0, 0.05) is 37.4 Å². The van der Waals surface area contributed by atoms with Gasteiger partial charge in [0.15, 0.2) is 11.6 Å². The molecular weight excluding hydrogens is 390 g/mol. The molecule has 0 bridgehead atoms. The summed E-state index contributed by atoms with van der Waals surface area (Å²) < 4.78 is 16.2. The van der Waals surface area contributed by atoms with Crippen LogP contribution < -0.4 is 14.4 Å². The third kappa shape index (κ3) is 4.40. The summed E-state index contributed by atoms with van der Waals surface area (Å²) >= 11 is 0. The van der Waals surface area contributed by atoms with Crippen molar-refractivity contribution in [2.24, 2.45) is 0 Å². The normalized spacial score (nSPS) is 10.5. The number of carbonyl (C=O) groups is 1. The second-order valence-electron chi connectivity index (χ2n) is 6.28. The monoisotopic (exact) mass is 411 g/mol. The largest absolute Gasteiger partial charge is 0.497 e.